The van der Waals surface area contributed by atoms with E-state index in [1.807, 2.05) is 25.1 Å². The van der Waals surface area contributed by atoms with Crippen molar-refractivity contribution in [2.45, 2.75) is 41.4 Å². The van der Waals surface area contributed by atoms with Gasteiger partial charge in [-0.3, -0.25) is 14.5 Å². The van der Waals surface area contributed by atoms with Gasteiger partial charge in [-0.1, -0.05) is 37.3 Å². The molecule has 9 heteroatoms. The summed E-state index contributed by atoms with van der Waals surface area (Å²) in [5.74, 6) is -0.482. The van der Waals surface area contributed by atoms with Crippen molar-refractivity contribution in [3.63, 3.8) is 0 Å². The van der Waals surface area contributed by atoms with Crippen molar-refractivity contribution in [1.29, 1.82) is 0 Å². The zero-order valence-corrected chi connectivity index (χ0v) is 20.3. The fraction of sp³-hybridized carbons (Fsp3) is 0.417. The molecule has 2 amide bonds. The predicted molar refractivity (Wildman–Crippen MR) is 130 cm³/mol. The SMILES string of the molecule is CC[C@@H]1Sc2ccc(S(=O)(=O)CCC(=O)N3CCN(Cc4ccccc4)CC3)cc2NC1=O. The molecule has 33 heavy (non-hydrogen) atoms. The Bertz CT molecular complexity index is 1110. The summed E-state index contributed by atoms with van der Waals surface area (Å²) >= 11 is 1.45. The fourth-order valence-corrected chi connectivity index (χ4v) is 6.36. The van der Waals surface area contributed by atoms with Crippen molar-refractivity contribution in [1.82, 2.24) is 9.80 Å². The van der Waals surface area contributed by atoms with E-state index in [1.54, 1.807) is 17.0 Å². The van der Waals surface area contributed by atoms with Crippen LogP contribution < -0.4 is 5.32 Å². The van der Waals surface area contributed by atoms with Crippen molar-refractivity contribution in [3.8, 4) is 0 Å². The molecule has 0 spiro atoms. The van der Waals surface area contributed by atoms with Gasteiger partial charge in [0.1, 0.15) is 0 Å². The standard InChI is InChI=1S/C24H29N3O4S2/c1-2-21-24(29)25-20-16-19(8-9-22(20)32-21)33(30,31)15-10-23(28)27-13-11-26(12-14-27)17-18-6-4-3-5-7-18/h3-9,16,21H,2,10-15,17H2,1H3,(H,25,29)/t21-/m0/s1. The van der Waals surface area contributed by atoms with E-state index in [2.05, 4.69) is 22.3 Å². The molecular formula is C24H29N3O4S2. The van der Waals surface area contributed by atoms with Gasteiger partial charge in [0.25, 0.3) is 0 Å². The lowest BCUT2D eigenvalue weighted by atomic mass is 10.2. The molecule has 7 nitrogen and oxygen atoms in total. The lowest BCUT2D eigenvalue weighted by molar-refractivity contribution is -0.132. The first-order chi connectivity index (χ1) is 15.9. The predicted octanol–water partition coefficient (Wildman–Crippen LogP) is 3.02. The molecule has 0 bridgehead atoms. The molecule has 0 radical (unpaired) electrons. The number of nitrogens with one attached hydrogen (secondary N) is 1. The van der Waals surface area contributed by atoms with Crippen LogP contribution in [0.2, 0.25) is 0 Å². The molecule has 2 aliphatic heterocycles. The van der Waals surface area contributed by atoms with Crippen LogP contribution in [0.15, 0.2) is 58.3 Å². The van der Waals surface area contributed by atoms with Crippen LogP contribution in [0, 0.1) is 0 Å². The monoisotopic (exact) mass is 487 g/mol. The molecule has 1 N–H and O–H groups in total. The Morgan fingerprint density at radius 1 is 1.09 bits per heavy atom. The number of hydrogen-bond donors (Lipinski definition) is 1. The van der Waals surface area contributed by atoms with Crippen molar-refractivity contribution in [2.75, 3.05) is 37.2 Å². The van der Waals surface area contributed by atoms with E-state index in [-0.39, 0.29) is 34.1 Å². The van der Waals surface area contributed by atoms with Gasteiger partial charge in [0.15, 0.2) is 9.84 Å². The minimum atomic E-state index is -3.63. The van der Waals surface area contributed by atoms with Gasteiger partial charge < -0.3 is 10.2 Å². The zero-order chi connectivity index (χ0) is 23.4. The molecule has 0 unspecified atom stereocenters. The molecule has 4 rings (SSSR count). The Kier molecular flexibility index (Phi) is 7.41. The first kappa shape index (κ1) is 23.8. The van der Waals surface area contributed by atoms with E-state index >= 15 is 0 Å². The molecule has 176 valence electrons. The molecule has 1 saturated heterocycles. The average Bonchev–Trinajstić information content (AvgIpc) is 2.83. The molecule has 1 fully saturated rings. The smallest absolute Gasteiger partial charge is 0.237 e. The molecule has 2 aliphatic rings. The Labute approximate surface area is 199 Å². The van der Waals surface area contributed by atoms with Gasteiger partial charge in [-0.2, -0.15) is 0 Å². The van der Waals surface area contributed by atoms with Gasteiger partial charge in [-0.05, 0) is 30.2 Å². The van der Waals surface area contributed by atoms with Gasteiger partial charge in [0.05, 0.1) is 21.6 Å². The number of rotatable bonds is 7. The normalized spacial score (nSPS) is 19.1. The van der Waals surface area contributed by atoms with Crippen molar-refractivity contribution < 1.29 is 18.0 Å². The number of piperazine rings is 1. The number of fused-ring (bicyclic) bond motifs is 1. The number of anilines is 1. The summed E-state index contributed by atoms with van der Waals surface area (Å²) in [6.45, 7) is 5.55. The summed E-state index contributed by atoms with van der Waals surface area (Å²) in [6.07, 6.45) is 0.662. The van der Waals surface area contributed by atoms with Crippen LogP contribution in [0.4, 0.5) is 5.69 Å². The van der Waals surface area contributed by atoms with Gasteiger partial charge >= 0.3 is 0 Å². The van der Waals surface area contributed by atoms with E-state index in [4.69, 9.17) is 0 Å². The number of carbonyl (C=O) groups is 2. The molecule has 0 aromatic heterocycles. The van der Waals surface area contributed by atoms with Crippen LogP contribution in [0.1, 0.15) is 25.3 Å². The molecule has 2 aromatic carbocycles. The van der Waals surface area contributed by atoms with Crippen molar-refractivity contribution in [2.24, 2.45) is 0 Å². The third-order valence-corrected chi connectivity index (χ3v) is 9.21. The second kappa shape index (κ2) is 10.3. The van der Waals surface area contributed by atoms with Crippen molar-refractivity contribution in [3.05, 3.63) is 54.1 Å². The minimum absolute atomic E-state index is 0.0445. The maximum absolute atomic E-state index is 12.9. The van der Waals surface area contributed by atoms with E-state index in [0.29, 0.717) is 25.2 Å². The van der Waals surface area contributed by atoms with E-state index < -0.39 is 9.84 Å². The number of benzene rings is 2. The maximum Gasteiger partial charge on any atom is 0.237 e. The Balaban J connectivity index is 1.30. The number of sulfone groups is 1. The second-order valence-corrected chi connectivity index (χ2v) is 11.7. The number of hydrogen-bond acceptors (Lipinski definition) is 6. The summed E-state index contributed by atoms with van der Waals surface area (Å²) in [5, 5.41) is 2.65. The highest BCUT2D eigenvalue weighted by atomic mass is 32.2. The van der Waals surface area contributed by atoms with E-state index in [9.17, 15) is 18.0 Å². The minimum Gasteiger partial charge on any atom is -0.340 e. The van der Waals surface area contributed by atoms with Gasteiger partial charge in [0, 0.05) is 44.0 Å². The largest absolute Gasteiger partial charge is 0.340 e. The van der Waals surface area contributed by atoms with Crippen LogP contribution in [0.3, 0.4) is 0 Å². The topological polar surface area (TPSA) is 86.8 Å². The summed E-state index contributed by atoms with van der Waals surface area (Å²) in [7, 11) is -3.63. The van der Waals surface area contributed by atoms with Gasteiger partial charge in [0.2, 0.25) is 11.8 Å². The Morgan fingerprint density at radius 2 is 1.82 bits per heavy atom. The highest BCUT2D eigenvalue weighted by molar-refractivity contribution is 8.01. The average molecular weight is 488 g/mol. The lowest BCUT2D eigenvalue weighted by Crippen LogP contribution is -2.48. The number of thioether (sulfide) groups is 1. The number of nitrogens with zero attached hydrogens (tertiary/aromatic N) is 2. The molecular weight excluding hydrogens is 458 g/mol. The Morgan fingerprint density at radius 3 is 2.52 bits per heavy atom. The molecule has 0 aliphatic carbocycles. The molecule has 1 atom stereocenters. The number of amides is 2. The molecule has 0 saturated carbocycles. The van der Waals surface area contributed by atoms with Gasteiger partial charge in [-0.15, -0.1) is 11.8 Å². The van der Waals surface area contributed by atoms with Crippen LogP contribution >= 0.6 is 11.8 Å². The van der Waals surface area contributed by atoms with Crippen LogP contribution in [-0.4, -0.2) is 67.2 Å². The summed E-state index contributed by atoms with van der Waals surface area (Å²) in [4.78, 5) is 29.9. The second-order valence-electron chi connectivity index (χ2n) is 8.37. The highest BCUT2D eigenvalue weighted by Gasteiger charge is 2.28. The Hall–Kier alpha value is -2.36. The van der Waals surface area contributed by atoms with Crippen LogP contribution in [0.25, 0.3) is 0 Å². The zero-order valence-electron chi connectivity index (χ0n) is 18.7. The summed E-state index contributed by atoms with van der Waals surface area (Å²) in [6, 6.07) is 15.0. The third kappa shape index (κ3) is 5.77. The molecule has 2 heterocycles. The quantitative estimate of drug-likeness (QED) is 0.646. The van der Waals surface area contributed by atoms with E-state index in [0.717, 1.165) is 24.5 Å². The van der Waals surface area contributed by atoms with Crippen LogP contribution in [-0.2, 0) is 26.0 Å². The molecule has 2 aromatic rings. The third-order valence-electron chi connectivity index (χ3n) is 6.06. The van der Waals surface area contributed by atoms with Crippen LogP contribution in [0.5, 0.6) is 0 Å². The highest BCUT2D eigenvalue weighted by Crippen LogP contribution is 2.38. The summed E-state index contributed by atoms with van der Waals surface area (Å²) < 4.78 is 25.7. The number of carbonyl (C=O) groups excluding carboxylic acids is 2. The first-order valence-electron chi connectivity index (χ1n) is 11.2. The maximum atomic E-state index is 12.9. The summed E-state index contributed by atoms with van der Waals surface area (Å²) in [5.41, 5.74) is 1.77. The van der Waals surface area contributed by atoms with Crippen molar-refractivity contribution >= 4 is 39.1 Å². The fourth-order valence-electron chi connectivity index (χ4n) is 4.09. The lowest BCUT2D eigenvalue weighted by Gasteiger charge is -2.34. The first-order valence-corrected chi connectivity index (χ1v) is 13.8. The van der Waals surface area contributed by atoms with E-state index in [1.165, 1.54) is 23.4 Å². The van der Waals surface area contributed by atoms with Gasteiger partial charge in [-0.25, -0.2) is 8.42 Å².